The maximum absolute atomic E-state index is 12.6. The lowest BCUT2D eigenvalue weighted by molar-refractivity contribution is -0.135. The third kappa shape index (κ3) is 2.72. The zero-order valence-corrected chi connectivity index (χ0v) is 12.9. The first kappa shape index (κ1) is 15.7. The Morgan fingerprint density at radius 3 is 2.42 bits per heavy atom. The van der Waals surface area contributed by atoms with E-state index in [1.54, 1.807) is 31.2 Å². The molecule has 0 radical (unpaired) electrons. The van der Waals surface area contributed by atoms with Gasteiger partial charge in [-0.1, -0.05) is 36.4 Å². The van der Waals surface area contributed by atoms with Crippen LogP contribution in [-0.4, -0.2) is 16.9 Å². The SMILES string of the molecule is Cc1c(-c2ccccc2)oc2c(C(=O)CC(=O)O)cccc2c1=O. The van der Waals surface area contributed by atoms with Crippen molar-refractivity contribution in [1.82, 2.24) is 0 Å². The molecule has 2 aromatic carbocycles. The Morgan fingerprint density at radius 1 is 1.04 bits per heavy atom. The van der Waals surface area contributed by atoms with Crippen LogP contribution in [0.5, 0.6) is 0 Å². The number of hydrogen-bond acceptors (Lipinski definition) is 4. The molecule has 3 rings (SSSR count). The van der Waals surface area contributed by atoms with E-state index in [1.807, 2.05) is 18.2 Å². The number of carbonyl (C=O) groups excluding carboxylic acids is 1. The Labute approximate surface area is 137 Å². The summed E-state index contributed by atoms with van der Waals surface area (Å²) in [5.41, 5.74) is 1.15. The van der Waals surface area contributed by atoms with Crippen LogP contribution in [0.3, 0.4) is 0 Å². The molecule has 0 atom stereocenters. The maximum Gasteiger partial charge on any atom is 0.311 e. The fraction of sp³-hybridized carbons (Fsp3) is 0.105. The summed E-state index contributed by atoms with van der Waals surface area (Å²) in [6, 6.07) is 13.7. The quantitative estimate of drug-likeness (QED) is 0.587. The Balaban J connectivity index is 2.30. The first-order valence-electron chi connectivity index (χ1n) is 7.36. The van der Waals surface area contributed by atoms with E-state index in [0.717, 1.165) is 5.56 Å². The molecule has 0 saturated carbocycles. The van der Waals surface area contributed by atoms with Gasteiger partial charge in [0.05, 0.1) is 10.9 Å². The number of carbonyl (C=O) groups is 2. The highest BCUT2D eigenvalue weighted by atomic mass is 16.4. The number of Topliss-reactive ketones (excluding diaryl/α,β-unsaturated/α-hetero) is 1. The van der Waals surface area contributed by atoms with Gasteiger partial charge in [-0.25, -0.2) is 0 Å². The van der Waals surface area contributed by atoms with Gasteiger partial charge in [0.1, 0.15) is 17.8 Å². The summed E-state index contributed by atoms with van der Waals surface area (Å²) in [5, 5.41) is 9.10. The van der Waals surface area contributed by atoms with E-state index in [1.165, 1.54) is 6.07 Å². The molecule has 5 heteroatoms. The lowest BCUT2D eigenvalue weighted by atomic mass is 10.0. The van der Waals surface area contributed by atoms with Crippen molar-refractivity contribution in [3.8, 4) is 11.3 Å². The molecular weight excluding hydrogens is 308 g/mol. The molecule has 3 aromatic rings. The highest BCUT2D eigenvalue weighted by Crippen LogP contribution is 2.27. The van der Waals surface area contributed by atoms with Gasteiger partial charge in [0.2, 0.25) is 0 Å². The van der Waals surface area contributed by atoms with E-state index in [-0.39, 0.29) is 22.0 Å². The van der Waals surface area contributed by atoms with E-state index < -0.39 is 18.2 Å². The number of benzene rings is 2. The fourth-order valence-corrected chi connectivity index (χ4v) is 2.63. The van der Waals surface area contributed by atoms with Crippen LogP contribution in [0.25, 0.3) is 22.3 Å². The van der Waals surface area contributed by atoms with Crippen molar-refractivity contribution in [2.75, 3.05) is 0 Å². The summed E-state index contributed by atoms with van der Waals surface area (Å²) in [7, 11) is 0. The smallest absolute Gasteiger partial charge is 0.311 e. The van der Waals surface area contributed by atoms with E-state index in [2.05, 4.69) is 0 Å². The van der Waals surface area contributed by atoms with Crippen molar-refractivity contribution in [3.63, 3.8) is 0 Å². The Morgan fingerprint density at radius 2 is 1.75 bits per heavy atom. The number of hydrogen-bond donors (Lipinski definition) is 1. The number of carboxylic acids is 1. The van der Waals surface area contributed by atoms with Crippen LogP contribution in [0, 0.1) is 6.92 Å². The topological polar surface area (TPSA) is 84.6 Å². The number of ketones is 1. The predicted molar refractivity (Wildman–Crippen MR) is 89.2 cm³/mol. The lowest BCUT2D eigenvalue weighted by Crippen LogP contribution is -2.11. The Bertz CT molecular complexity index is 999. The van der Waals surface area contributed by atoms with Crippen molar-refractivity contribution in [2.24, 2.45) is 0 Å². The average molecular weight is 322 g/mol. The van der Waals surface area contributed by atoms with Gasteiger partial charge in [-0.2, -0.15) is 0 Å². The maximum atomic E-state index is 12.6. The van der Waals surface area contributed by atoms with Crippen LogP contribution < -0.4 is 5.43 Å². The summed E-state index contributed by atoms with van der Waals surface area (Å²) in [5.74, 6) is -1.45. The van der Waals surface area contributed by atoms with Gasteiger partial charge < -0.3 is 9.52 Å². The third-order valence-electron chi connectivity index (χ3n) is 3.79. The minimum atomic E-state index is -1.23. The first-order valence-corrected chi connectivity index (χ1v) is 7.36. The number of para-hydroxylation sites is 1. The molecule has 0 aliphatic rings. The fourth-order valence-electron chi connectivity index (χ4n) is 2.63. The minimum Gasteiger partial charge on any atom is -0.481 e. The summed E-state index contributed by atoms with van der Waals surface area (Å²) in [6.45, 7) is 1.67. The molecule has 0 aliphatic heterocycles. The second-order valence-electron chi connectivity index (χ2n) is 5.43. The zero-order valence-electron chi connectivity index (χ0n) is 12.9. The standard InChI is InChI=1S/C19H14O5/c1-11-17(23)14-9-5-8-13(15(20)10-16(21)22)19(14)24-18(11)12-6-3-2-4-7-12/h2-9H,10H2,1H3,(H,21,22). The normalized spacial score (nSPS) is 10.7. The van der Waals surface area contributed by atoms with Gasteiger partial charge in [-0.05, 0) is 19.1 Å². The van der Waals surface area contributed by atoms with E-state index in [9.17, 15) is 14.4 Å². The van der Waals surface area contributed by atoms with Crippen LogP contribution in [-0.2, 0) is 4.79 Å². The highest BCUT2D eigenvalue weighted by molar-refractivity contribution is 6.11. The molecule has 0 saturated heterocycles. The number of carboxylic acid groups (broad SMARTS) is 1. The van der Waals surface area contributed by atoms with Crippen LogP contribution in [0.4, 0.5) is 0 Å². The van der Waals surface area contributed by atoms with Gasteiger partial charge in [0.15, 0.2) is 11.2 Å². The van der Waals surface area contributed by atoms with E-state index in [4.69, 9.17) is 9.52 Å². The molecule has 5 nitrogen and oxygen atoms in total. The summed E-state index contributed by atoms with van der Waals surface area (Å²) >= 11 is 0. The molecule has 0 spiro atoms. The average Bonchev–Trinajstić information content (AvgIpc) is 2.57. The number of fused-ring (bicyclic) bond motifs is 1. The van der Waals surface area contributed by atoms with Crippen LogP contribution >= 0.6 is 0 Å². The highest BCUT2D eigenvalue weighted by Gasteiger charge is 2.19. The molecule has 0 bridgehead atoms. The summed E-state index contributed by atoms with van der Waals surface area (Å²) in [6.07, 6.45) is -0.655. The van der Waals surface area contributed by atoms with Crippen molar-refractivity contribution < 1.29 is 19.1 Å². The monoisotopic (exact) mass is 322 g/mol. The summed E-state index contributed by atoms with van der Waals surface area (Å²) in [4.78, 5) is 35.6. The second kappa shape index (κ2) is 6.12. The molecule has 1 heterocycles. The van der Waals surface area contributed by atoms with Crippen LogP contribution in [0.2, 0.25) is 0 Å². The molecule has 1 aromatic heterocycles. The second-order valence-corrected chi connectivity index (χ2v) is 5.43. The summed E-state index contributed by atoms with van der Waals surface area (Å²) < 4.78 is 5.88. The molecular formula is C19H14O5. The van der Waals surface area contributed by atoms with Gasteiger partial charge >= 0.3 is 5.97 Å². The molecule has 24 heavy (non-hydrogen) atoms. The van der Waals surface area contributed by atoms with E-state index in [0.29, 0.717) is 11.3 Å². The first-order chi connectivity index (χ1) is 11.5. The Hall–Kier alpha value is -3.21. The van der Waals surface area contributed by atoms with Gasteiger partial charge in [-0.3, -0.25) is 14.4 Å². The molecule has 0 fully saturated rings. The lowest BCUT2D eigenvalue weighted by Gasteiger charge is -2.09. The zero-order chi connectivity index (χ0) is 17.3. The minimum absolute atomic E-state index is 0.101. The molecule has 0 amide bonds. The largest absolute Gasteiger partial charge is 0.481 e. The molecule has 120 valence electrons. The van der Waals surface area contributed by atoms with Crippen molar-refractivity contribution in [1.29, 1.82) is 0 Å². The number of rotatable bonds is 4. The number of aliphatic carboxylic acids is 1. The molecule has 0 unspecified atom stereocenters. The van der Waals surface area contributed by atoms with E-state index >= 15 is 0 Å². The van der Waals surface area contributed by atoms with Gasteiger partial charge in [0.25, 0.3) is 0 Å². The van der Waals surface area contributed by atoms with Gasteiger partial charge in [-0.15, -0.1) is 0 Å². The van der Waals surface area contributed by atoms with Crippen molar-refractivity contribution in [2.45, 2.75) is 13.3 Å². The van der Waals surface area contributed by atoms with Crippen LogP contribution in [0.15, 0.2) is 57.7 Å². The third-order valence-corrected chi connectivity index (χ3v) is 3.79. The predicted octanol–water partition coefficient (Wildman–Crippen LogP) is 3.43. The molecule has 0 aliphatic carbocycles. The van der Waals surface area contributed by atoms with Crippen molar-refractivity contribution in [3.05, 3.63) is 69.9 Å². The van der Waals surface area contributed by atoms with Gasteiger partial charge in [0, 0.05) is 11.1 Å². The van der Waals surface area contributed by atoms with Crippen molar-refractivity contribution >= 4 is 22.7 Å². The van der Waals surface area contributed by atoms with Crippen LogP contribution in [0.1, 0.15) is 22.3 Å². The molecule has 1 N–H and O–H groups in total. The Kier molecular flexibility index (Phi) is 4.00.